The van der Waals surface area contributed by atoms with Gasteiger partial charge in [0, 0.05) is 11.8 Å². The minimum atomic E-state index is -4.22. The van der Waals surface area contributed by atoms with Gasteiger partial charge in [0.1, 0.15) is 30.0 Å². The molecule has 1 aliphatic rings. The van der Waals surface area contributed by atoms with Gasteiger partial charge in [-0.05, 0) is 50.2 Å². The Morgan fingerprint density at radius 2 is 1.89 bits per heavy atom. The maximum atomic E-state index is 13.6. The molecule has 0 radical (unpaired) electrons. The summed E-state index contributed by atoms with van der Waals surface area (Å²) >= 11 is 0. The molecule has 0 amide bonds. The van der Waals surface area contributed by atoms with Crippen molar-refractivity contribution in [1.82, 2.24) is 14.6 Å². The lowest BCUT2D eigenvalue weighted by atomic mass is 10.3. The fraction of sp³-hybridized carbons (Fsp3) is 0.292. The molecule has 3 aromatic rings. The molecule has 12 nitrogen and oxygen atoms in total. The van der Waals surface area contributed by atoms with Gasteiger partial charge in [-0.25, -0.2) is 18.5 Å². The summed E-state index contributed by atoms with van der Waals surface area (Å²) in [7, 11) is -4.22. The van der Waals surface area contributed by atoms with E-state index in [4.69, 9.17) is 23.3 Å². The highest BCUT2D eigenvalue weighted by Gasteiger charge is 2.36. The maximum absolute atomic E-state index is 13.6. The van der Waals surface area contributed by atoms with Crippen LogP contribution >= 0.6 is 7.75 Å². The summed E-state index contributed by atoms with van der Waals surface area (Å²) in [5.41, 5.74) is -0.884. The first kappa shape index (κ1) is 27.4. The minimum absolute atomic E-state index is 0.0446. The van der Waals surface area contributed by atoms with Crippen molar-refractivity contribution in [1.29, 1.82) is 0 Å². The van der Waals surface area contributed by atoms with Crippen molar-refractivity contribution in [3.8, 4) is 11.5 Å². The van der Waals surface area contributed by atoms with Crippen LogP contribution in [0, 0.1) is 12.7 Å². The van der Waals surface area contributed by atoms with Crippen molar-refractivity contribution in [3.05, 3.63) is 93.0 Å². The van der Waals surface area contributed by atoms with Crippen molar-refractivity contribution in [2.24, 2.45) is 0 Å². The molecule has 0 spiro atoms. The van der Waals surface area contributed by atoms with Crippen molar-refractivity contribution in [2.75, 3.05) is 13.2 Å². The first-order chi connectivity index (χ1) is 18.1. The average molecular weight is 549 g/mol. The number of esters is 1. The number of H-pyrrole nitrogens is 1. The highest BCUT2D eigenvalue weighted by Crippen LogP contribution is 2.45. The molecule has 4 rings (SSSR count). The maximum Gasteiger partial charge on any atom is 0.459 e. The molecule has 0 saturated carbocycles. The van der Waals surface area contributed by atoms with E-state index in [0.29, 0.717) is 5.56 Å². The number of rotatable bonds is 10. The molecule has 38 heavy (non-hydrogen) atoms. The summed E-state index contributed by atoms with van der Waals surface area (Å²) in [4.78, 5) is 38.5. The van der Waals surface area contributed by atoms with E-state index in [1.807, 2.05) is 0 Å². The molecular weight excluding hydrogens is 524 g/mol. The zero-order chi connectivity index (χ0) is 27.3. The van der Waals surface area contributed by atoms with Gasteiger partial charge in [-0.2, -0.15) is 5.09 Å². The normalized spacial score (nSPS) is 19.4. The molecule has 1 unspecified atom stereocenters. The Morgan fingerprint density at radius 1 is 1.18 bits per heavy atom. The third kappa shape index (κ3) is 7.03. The predicted molar refractivity (Wildman–Crippen MR) is 131 cm³/mol. The van der Waals surface area contributed by atoms with E-state index in [1.54, 1.807) is 30.3 Å². The molecule has 2 heterocycles. The molecule has 2 aromatic carbocycles. The lowest BCUT2D eigenvalue weighted by Crippen LogP contribution is -2.37. The molecule has 1 saturated heterocycles. The molecule has 0 aliphatic carbocycles. The zero-order valence-electron chi connectivity index (χ0n) is 20.4. The Balaban J connectivity index is 1.42. The molecule has 4 atom stereocenters. The minimum Gasteiger partial charge on any atom is -0.425 e. The molecule has 14 heteroatoms. The number of benzene rings is 2. The Labute approximate surface area is 215 Å². The number of carbonyl (C=O) groups is 1. The smallest absolute Gasteiger partial charge is 0.425 e. The van der Waals surface area contributed by atoms with Crippen LogP contribution in [0.15, 0.2) is 70.4 Å². The lowest BCUT2D eigenvalue weighted by Gasteiger charge is -2.23. The molecule has 0 bridgehead atoms. The number of aromatic amines is 1. The third-order valence-corrected chi connectivity index (χ3v) is 6.92. The van der Waals surface area contributed by atoms with Crippen molar-refractivity contribution in [2.45, 2.75) is 32.4 Å². The molecule has 1 fully saturated rings. The summed E-state index contributed by atoms with van der Waals surface area (Å²) < 4.78 is 55.4. The number of nitrogens with zero attached hydrogens (tertiary/aromatic N) is 1. The van der Waals surface area contributed by atoms with Crippen LogP contribution in [0.5, 0.6) is 11.5 Å². The second-order valence-electron chi connectivity index (χ2n) is 8.26. The fourth-order valence-corrected chi connectivity index (χ4v) is 4.82. The number of carbonyl (C=O) groups excluding carboxylic acids is 1. The van der Waals surface area contributed by atoms with Crippen LogP contribution in [0.1, 0.15) is 18.7 Å². The van der Waals surface area contributed by atoms with Gasteiger partial charge in [-0.15, -0.1) is 0 Å². The number of ether oxygens (including phenoxy) is 3. The summed E-state index contributed by atoms with van der Waals surface area (Å²) in [6.07, 6.45) is -0.564. The lowest BCUT2D eigenvalue weighted by molar-refractivity contribution is -0.136. The SMILES string of the molecule is Cc1cn([C@H]2CO[C@@H](COP(=O)(N[C@@H](C)C(=O)Oc3ccc(F)cc3)Oc3ccccc3)O2)c(=O)[nH]c1=O. The Kier molecular flexibility index (Phi) is 8.55. The van der Waals surface area contributed by atoms with Gasteiger partial charge in [0.25, 0.3) is 5.56 Å². The van der Waals surface area contributed by atoms with Crippen LogP contribution in [0.2, 0.25) is 0 Å². The van der Waals surface area contributed by atoms with Gasteiger partial charge >= 0.3 is 19.4 Å². The molecule has 2 N–H and O–H groups in total. The quantitative estimate of drug-likeness (QED) is 0.220. The van der Waals surface area contributed by atoms with Crippen LogP contribution in [-0.4, -0.2) is 41.1 Å². The standard InChI is InChI=1S/C24H25FN3O9P/c1-15-12-28(24(31)26-22(15)29)20-13-33-21(36-20)14-34-38(32,37-19-6-4-3-5-7-19)27-16(2)23(30)35-18-10-8-17(25)9-11-18/h3-12,16,20-21H,13-14H2,1-2H3,(H,27,32)(H,26,29,31)/t16-,20+,21+,38?/m0/s1. The van der Waals surface area contributed by atoms with Gasteiger partial charge in [0.05, 0.1) is 6.61 Å². The van der Waals surface area contributed by atoms with Crippen molar-refractivity contribution >= 4 is 13.7 Å². The molecule has 1 aromatic heterocycles. The second-order valence-corrected chi connectivity index (χ2v) is 9.95. The van der Waals surface area contributed by atoms with E-state index >= 15 is 0 Å². The number of hydrogen-bond acceptors (Lipinski definition) is 9. The number of aromatic nitrogens is 2. The van der Waals surface area contributed by atoms with Crippen molar-refractivity contribution in [3.63, 3.8) is 0 Å². The molecular formula is C24H25FN3O9P. The number of para-hydroxylation sites is 1. The van der Waals surface area contributed by atoms with Gasteiger partial charge in [-0.1, -0.05) is 18.2 Å². The monoisotopic (exact) mass is 549 g/mol. The first-order valence-electron chi connectivity index (χ1n) is 11.5. The Hall–Kier alpha value is -3.61. The first-order valence-corrected chi connectivity index (χ1v) is 13.0. The Bertz CT molecular complexity index is 1430. The van der Waals surface area contributed by atoms with Gasteiger partial charge in [0.2, 0.25) is 0 Å². The summed E-state index contributed by atoms with van der Waals surface area (Å²) in [5.74, 6) is -1.03. The number of hydrogen-bond donors (Lipinski definition) is 2. The van der Waals surface area contributed by atoms with E-state index in [0.717, 1.165) is 12.1 Å². The topological polar surface area (TPSA) is 147 Å². The van der Waals surface area contributed by atoms with E-state index < -0.39 is 55.9 Å². The van der Waals surface area contributed by atoms with E-state index in [2.05, 4.69) is 10.1 Å². The summed E-state index contributed by atoms with van der Waals surface area (Å²) in [6.45, 7) is 2.48. The molecule has 202 valence electrons. The van der Waals surface area contributed by atoms with E-state index in [-0.39, 0.29) is 18.1 Å². The zero-order valence-corrected chi connectivity index (χ0v) is 21.3. The highest BCUT2D eigenvalue weighted by atomic mass is 31.2. The fourth-order valence-electron chi connectivity index (χ4n) is 3.34. The van der Waals surface area contributed by atoms with Crippen LogP contribution in [-0.2, 0) is 23.4 Å². The van der Waals surface area contributed by atoms with Crippen molar-refractivity contribution < 1.29 is 37.0 Å². The molecule has 1 aliphatic heterocycles. The van der Waals surface area contributed by atoms with Gasteiger partial charge < -0.3 is 18.7 Å². The number of nitrogens with one attached hydrogen (secondary N) is 2. The largest absolute Gasteiger partial charge is 0.459 e. The van der Waals surface area contributed by atoms with Gasteiger partial charge in [-0.3, -0.25) is 18.9 Å². The van der Waals surface area contributed by atoms with Crippen LogP contribution in [0.4, 0.5) is 4.39 Å². The average Bonchev–Trinajstić information content (AvgIpc) is 3.36. The summed E-state index contributed by atoms with van der Waals surface area (Å²) in [5, 5.41) is 2.52. The second kappa shape index (κ2) is 11.8. The van der Waals surface area contributed by atoms with Gasteiger partial charge in [0.15, 0.2) is 12.5 Å². The number of halogens is 1. The Morgan fingerprint density at radius 3 is 2.61 bits per heavy atom. The third-order valence-electron chi connectivity index (χ3n) is 5.28. The summed E-state index contributed by atoms with van der Waals surface area (Å²) in [6, 6.07) is 11.8. The van der Waals surface area contributed by atoms with E-state index in [9.17, 15) is 23.3 Å². The van der Waals surface area contributed by atoms with E-state index in [1.165, 1.54) is 36.7 Å². The highest BCUT2D eigenvalue weighted by molar-refractivity contribution is 7.52. The predicted octanol–water partition coefficient (Wildman–Crippen LogP) is 2.64. The number of aryl methyl sites for hydroxylation is 1. The van der Waals surface area contributed by atoms with Crippen LogP contribution in [0.25, 0.3) is 0 Å². The van der Waals surface area contributed by atoms with Crippen LogP contribution in [0.3, 0.4) is 0 Å². The van der Waals surface area contributed by atoms with Crippen LogP contribution < -0.4 is 25.6 Å².